The fourth-order valence-corrected chi connectivity index (χ4v) is 4.75. The molecule has 0 spiro atoms. The molecule has 0 atom stereocenters. The standard InChI is InChI=1S/C26H23N5O2S/c1-18(32)29-21-9-7-20(8-10-21)24-22(15-27)25(31-11-13-33-14-12-31)30-26(23(24)16-28)34-17-19-5-3-2-4-6-19/h2-10H,11-14,17H2,1H3,(H,29,32). The molecule has 1 N–H and O–H groups in total. The van der Waals surface area contributed by atoms with Gasteiger partial charge in [0.1, 0.15) is 28.5 Å². The van der Waals surface area contributed by atoms with Crippen LogP contribution in [0.3, 0.4) is 0 Å². The first-order valence-corrected chi connectivity index (χ1v) is 11.8. The molecule has 170 valence electrons. The number of thioether (sulfide) groups is 1. The largest absolute Gasteiger partial charge is 0.378 e. The molecule has 1 aliphatic heterocycles. The number of nitriles is 2. The lowest BCUT2D eigenvalue weighted by atomic mass is 9.96. The van der Waals surface area contributed by atoms with Crippen LogP contribution in [0.15, 0.2) is 59.6 Å². The number of morpholine rings is 1. The number of nitrogens with zero attached hydrogens (tertiary/aromatic N) is 4. The van der Waals surface area contributed by atoms with Crippen molar-refractivity contribution in [1.82, 2.24) is 4.98 Å². The molecule has 1 aliphatic rings. The van der Waals surface area contributed by atoms with Gasteiger partial charge in [0, 0.05) is 37.0 Å². The molecular formula is C26H23N5O2S. The maximum atomic E-state index is 11.4. The van der Waals surface area contributed by atoms with Gasteiger partial charge in [0.15, 0.2) is 0 Å². The van der Waals surface area contributed by atoms with Gasteiger partial charge in [-0.2, -0.15) is 10.5 Å². The van der Waals surface area contributed by atoms with E-state index >= 15 is 0 Å². The average Bonchev–Trinajstić information content (AvgIpc) is 2.87. The topological polar surface area (TPSA) is 102 Å². The Labute approximate surface area is 203 Å². The van der Waals surface area contributed by atoms with E-state index in [-0.39, 0.29) is 5.91 Å². The minimum atomic E-state index is -0.165. The lowest BCUT2D eigenvalue weighted by molar-refractivity contribution is -0.114. The maximum absolute atomic E-state index is 11.4. The Balaban J connectivity index is 1.83. The zero-order valence-corrected chi connectivity index (χ0v) is 19.6. The first-order chi connectivity index (χ1) is 16.6. The SMILES string of the molecule is CC(=O)Nc1ccc(-c2c(C#N)c(SCc3ccccc3)nc(N3CCOCC3)c2C#N)cc1. The van der Waals surface area contributed by atoms with Gasteiger partial charge in [-0.05, 0) is 23.3 Å². The van der Waals surface area contributed by atoms with Crippen molar-refractivity contribution in [2.24, 2.45) is 0 Å². The third-order valence-electron chi connectivity index (χ3n) is 5.39. The first-order valence-electron chi connectivity index (χ1n) is 10.9. The lowest BCUT2D eigenvalue weighted by Crippen LogP contribution is -2.37. The second kappa shape index (κ2) is 10.8. The van der Waals surface area contributed by atoms with Gasteiger partial charge in [0.25, 0.3) is 0 Å². The number of aromatic nitrogens is 1. The van der Waals surface area contributed by atoms with Gasteiger partial charge in [-0.1, -0.05) is 42.5 Å². The summed E-state index contributed by atoms with van der Waals surface area (Å²) in [7, 11) is 0. The Morgan fingerprint density at radius 2 is 1.74 bits per heavy atom. The summed E-state index contributed by atoms with van der Waals surface area (Å²) >= 11 is 1.48. The summed E-state index contributed by atoms with van der Waals surface area (Å²) in [6, 6.07) is 21.8. The zero-order chi connectivity index (χ0) is 23.9. The fourth-order valence-electron chi connectivity index (χ4n) is 3.81. The second-order valence-electron chi connectivity index (χ2n) is 7.72. The molecule has 0 aliphatic carbocycles. The minimum absolute atomic E-state index is 0.165. The number of hydrogen-bond acceptors (Lipinski definition) is 7. The van der Waals surface area contributed by atoms with Crippen LogP contribution in [-0.2, 0) is 15.3 Å². The molecule has 34 heavy (non-hydrogen) atoms. The predicted molar refractivity (Wildman–Crippen MR) is 132 cm³/mol. The molecule has 3 aromatic rings. The van der Waals surface area contributed by atoms with Crippen molar-refractivity contribution in [3.8, 4) is 23.3 Å². The normalized spacial score (nSPS) is 13.1. The van der Waals surface area contributed by atoms with E-state index < -0.39 is 0 Å². The van der Waals surface area contributed by atoms with E-state index in [1.165, 1.54) is 18.7 Å². The van der Waals surface area contributed by atoms with Crippen LogP contribution >= 0.6 is 11.8 Å². The van der Waals surface area contributed by atoms with Crippen LogP contribution in [0.1, 0.15) is 23.6 Å². The number of anilines is 2. The monoisotopic (exact) mass is 469 g/mol. The average molecular weight is 470 g/mol. The number of benzene rings is 2. The number of ether oxygens (including phenoxy) is 1. The molecule has 0 radical (unpaired) electrons. The van der Waals surface area contributed by atoms with Gasteiger partial charge in [-0.3, -0.25) is 4.79 Å². The van der Waals surface area contributed by atoms with E-state index in [0.717, 1.165) is 11.1 Å². The molecule has 1 saturated heterocycles. The summed E-state index contributed by atoms with van der Waals surface area (Å²) in [5.74, 6) is 1.06. The Morgan fingerprint density at radius 1 is 1.06 bits per heavy atom. The molecule has 8 heteroatoms. The highest BCUT2D eigenvalue weighted by Crippen LogP contribution is 2.39. The van der Waals surface area contributed by atoms with Crippen molar-refractivity contribution in [2.75, 3.05) is 36.5 Å². The quantitative estimate of drug-likeness (QED) is 0.527. The molecule has 2 aromatic carbocycles. The highest BCUT2D eigenvalue weighted by molar-refractivity contribution is 7.98. The number of rotatable bonds is 6. The smallest absolute Gasteiger partial charge is 0.221 e. The molecule has 0 bridgehead atoms. The third kappa shape index (κ3) is 5.20. The van der Waals surface area contributed by atoms with Crippen LogP contribution in [0.25, 0.3) is 11.1 Å². The number of amides is 1. The van der Waals surface area contributed by atoms with E-state index in [1.54, 1.807) is 12.1 Å². The molecule has 0 saturated carbocycles. The van der Waals surface area contributed by atoms with Crippen LogP contribution in [-0.4, -0.2) is 37.2 Å². The van der Waals surface area contributed by atoms with Gasteiger partial charge in [-0.25, -0.2) is 4.98 Å². The van der Waals surface area contributed by atoms with Gasteiger partial charge < -0.3 is 15.0 Å². The fraction of sp³-hybridized carbons (Fsp3) is 0.231. The maximum Gasteiger partial charge on any atom is 0.221 e. The summed E-state index contributed by atoms with van der Waals surface area (Å²) in [6.45, 7) is 3.80. The third-order valence-corrected chi connectivity index (χ3v) is 6.44. The number of carbonyl (C=O) groups is 1. The van der Waals surface area contributed by atoms with E-state index in [2.05, 4.69) is 17.5 Å². The van der Waals surface area contributed by atoms with E-state index in [0.29, 0.717) is 65.3 Å². The summed E-state index contributed by atoms with van der Waals surface area (Å²) in [5.41, 5.74) is 3.80. The summed E-state index contributed by atoms with van der Waals surface area (Å²) in [4.78, 5) is 18.3. The van der Waals surface area contributed by atoms with Gasteiger partial charge in [-0.15, -0.1) is 11.8 Å². The van der Waals surface area contributed by atoms with Crippen LogP contribution in [0.5, 0.6) is 0 Å². The number of carbonyl (C=O) groups excluding carboxylic acids is 1. The van der Waals surface area contributed by atoms with Crippen molar-refractivity contribution in [3.63, 3.8) is 0 Å². The van der Waals surface area contributed by atoms with E-state index in [4.69, 9.17) is 9.72 Å². The summed E-state index contributed by atoms with van der Waals surface area (Å²) < 4.78 is 5.49. The molecular weight excluding hydrogens is 446 g/mol. The Kier molecular flexibility index (Phi) is 7.44. The minimum Gasteiger partial charge on any atom is -0.378 e. The van der Waals surface area contributed by atoms with Crippen LogP contribution < -0.4 is 10.2 Å². The molecule has 0 unspecified atom stereocenters. The summed E-state index contributed by atoms with van der Waals surface area (Å²) in [6.07, 6.45) is 0. The van der Waals surface area contributed by atoms with Crippen molar-refractivity contribution in [3.05, 3.63) is 71.3 Å². The Hall–Kier alpha value is -3.85. The van der Waals surface area contributed by atoms with E-state index in [1.807, 2.05) is 47.4 Å². The van der Waals surface area contributed by atoms with Crippen molar-refractivity contribution < 1.29 is 9.53 Å². The first kappa shape index (κ1) is 23.3. The highest BCUT2D eigenvalue weighted by Gasteiger charge is 2.25. The number of pyridine rings is 1. The molecule has 4 rings (SSSR count). The highest BCUT2D eigenvalue weighted by atomic mass is 32.2. The molecule has 1 aromatic heterocycles. The van der Waals surface area contributed by atoms with Gasteiger partial charge in [0.05, 0.1) is 18.8 Å². The molecule has 7 nitrogen and oxygen atoms in total. The lowest BCUT2D eigenvalue weighted by Gasteiger charge is -2.30. The number of hydrogen-bond donors (Lipinski definition) is 1. The zero-order valence-electron chi connectivity index (χ0n) is 18.7. The summed E-state index contributed by atoms with van der Waals surface area (Å²) in [5, 5.41) is 23.6. The molecule has 2 heterocycles. The van der Waals surface area contributed by atoms with Crippen molar-refractivity contribution in [2.45, 2.75) is 17.7 Å². The van der Waals surface area contributed by atoms with Gasteiger partial charge >= 0.3 is 0 Å². The molecule has 1 amide bonds. The van der Waals surface area contributed by atoms with Crippen molar-refractivity contribution in [1.29, 1.82) is 10.5 Å². The Morgan fingerprint density at radius 3 is 2.35 bits per heavy atom. The van der Waals surface area contributed by atoms with Crippen molar-refractivity contribution >= 4 is 29.2 Å². The molecule has 1 fully saturated rings. The van der Waals surface area contributed by atoms with Crippen LogP contribution in [0.4, 0.5) is 11.5 Å². The predicted octanol–water partition coefficient (Wildman–Crippen LogP) is 4.58. The van der Waals surface area contributed by atoms with Crippen LogP contribution in [0.2, 0.25) is 0 Å². The Bertz CT molecular complexity index is 1260. The number of nitrogens with one attached hydrogen (secondary N) is 1. The second-order valence-corrected chi connectivity index (χ2v) is 8.69. The van der Waals surface area contributed by atoms with Gasteiger partial charge in [0.2, 0.25) is 5.91 Å². The van der Waals surface area contributed by atoms with E-state index in [9.17, 15) is 15.3 Å². The van der Waals surface area contributed by atoms with Crippen LogP contribution in [0, 0.1) is 22.7 Å².